The van der Waals surface area contributed by atoms with E-state index in [9.17, 15) is 5.26 Å². The molecule has 0 radical (unpaired) electrons. The number of ether oxygens (including phenoxy) is 5. The number of allylic oxidation sites excluding steroid dienone is 1. The minimum atomic E-state index is -0.537. The summed E-state index contributed by atoms with van der Waals surface area (Å²) in [6.07, 6.45) is 0. The molecule has 1 aliphatic rings. The Kier molecular flexibility index (Phi) is 6.00. The Bertz CT molecular complexity index is 1260. The van der Waals surface area contributed by atoms with Crippen LogP contribution >= 0.6 is 0 Å². The lowest BCUT2D eigenvalue weighted by atomic mass is 9.83. The number of rotatable bonds is 7. The van der Waals surface area contributed by atoms with Crippen molar-refractivity contribution >= 4 is 0 Å². The Morgan fingerprint density at radius 2 is 1.73 bits per heavy atom. The summed E-state index contributed by atoms with van der Waals surface area (Å²) in [5.41, 5.74) is 9.28. The van der Waals surface area contributed by atoms with Crippen LogP contribution in [0.1, 0.15) is 24.0 Å². The monoisotopic (exact) mass is 448 g/mol. The van der Waals surface area contributed by atoms with Crippen molar-refractivity contribution in [2.45, 2.75) is 12.8 Å². The van der Waals surface area contributed by atoms with Gasteiger partial charge in [-0.05, 0) is 42.8 Å². The molecule has 0 fully saturated rings. The minimum Gasteiger partial charge on any atom is -0.493 e. The van der Waals surface area contributed by atoms with Gasteiger partial charge in [-0.15, -0.1) is 5.10 Å². The van der Waals surface area contributed by atoms with Crippen molar-refractivity contribution in [3.63, 3.8) is 0 Å². The molecule has 4 rings (SSSR count). The molecular formula is C24H24N4O5. The molecule has 3 aromatic rings. The Morgan fingerprint density at radius 3 is 2.39 bits per heavy atom. The van der Waals surface area contributed by atoms with Crippen molar-refractivity contribution in [1.82, 2.24) is 10.2 Å². The molecule has 0 aliphatic carbocycles. The predicted molar refractivity (Wildman–Crippen MR) is 121 cm³/mol. The first-order valence-electron chi connectivity index (χ1n) is 10.2. The minimum absolute atomic E-state index is 0.00658. The third-order valence-corrected chi connectivity index (χ3v) is 5.43. The molecule has 0 spiro atoms. The van der Waals surface area contributed by atoms with Crippen LogP contribution < -0.4 is 29.4 Å². The summed E-state index contributed by atoms with van der Waals surface area (Å²) >= 11 is 0. The van der Waals surface area contributed by atoms with E-state index in [-0.39, 0.29) is 11.5 Å². The second-order valence-corrected chi connectivity index (χ2v) is 7.16. The fourth-order valence-corrected chi connectivity index (χ4v) is 3.93. The largest absolute Gasteiger partial charge is 0.493 e. The number of nitrogens with two attached hydrogens (primary N) is 1. The number of nitrogens with one attached hydrogen (secondary N) is 1. The van der Waals surface area contributed by atoms with Gasteiger partial charge in [0, 0.05) is 5.56 Å². The predicted octanol–water partition coefficient (Wildman–Crippen LogP) is 3.72. The van der Waals surface area contributed by atoms with Crippen LogP contribution in [0.4, 0.5) is 0 Å². The van der Waals surface area contributed by atoms with Gasteiger partial charge < -0.3 is 29.4 Å². The van der Waals surface area contributed by atoms with E-state index in [0.29, 0.717) is 46.7 Å². The number of fused-ring (bicyclic) bond motifs is 1. The summed E-state index contributed by atoms with van der Waals surface area (Å²) in [5.74, 6) is 2.09. The van der Waals surface area contributed by atoms with E-state index in [4.69, 9.17) is 29.4 Å². The summed E-state index contributed by atoms with van der Waals surface area (Å²) in [6.45, 7) is 2.42. The van der Waals surface area contributed by atoms with Gasteiger partial charge in [-0.3, -0.25) is 5.10 Å². The van der Waals surface area contributed by atoms with Gasteiger partial charge in [0.25, 0.3) is 0 Å². The van der Waals surface area contributed by atoms with Gasteiger partial charge in [0.1, 0.15) is 11.6 Å². The van der Waals surface area contributed by atoms with Crippen LogP contribution in [0, 0.1) is 11.3 Å². The molecule has 9 heteroatoms. The number of aromatic nitrogens is 2. The highest BCUT2D eigenvalue weighted by molar-refractivity contribution is 5.73. The lowest BCUT2D eigenvalue weighted by molar-refractivity contribution is 0.311. The fourth-order valence-electron chi connectivity index (χ4n) is 3.93. The molecule has 170 valence electrons. The zero-order valence-electron chi connectivity index (χ0n) is 18.8. The quantitative estimate of drug-likeness (QED) is 0.560. The second-order valence-electron chi connectivity index (χ2n) is 7.16. The normalized spacial score (nSPS) is 14.7. The fraction of sp³-hybridized carbons (Fsp3) is 0.250. The molecule has 33 heavy (non-hydrogen) atoms. The molecule has 2 aromatic carbocycles. The molecule has 3 N–H and O–H groups in total. The molecule has 0 saturated heterocycles. The highest BCUT2D eigenvalue weighted by Crippen LogP contribution is 2.47. The number of aromatic amines is 1. The van der Waals surface area contributed by atoms with Gasteiger partial charge in [-0.1, -0.05) is 6.07 Å². The summed E-state index contributed by atoms with van der Waals surface area (Å²) in [5, 5.41) is 17.3. The van der Waals surface area contributed by atoms with E-state index in [1.54, 1.807) is 27.4 Å². The van der Waals surface area contributed by atoms with E-state index in [0.717, 1.165) is 11.1 Å². The van der Waals surface area contributed by atoms with Crippen molar-refractivity contribution in [2.75, 3.05) is 27.9 Å². The molecule has 0 amide bonds. The number of benzene rings is 2. The molecule has 2 heterocycles. The lowest BCUT2D eigenvalue weighted by Gasteiger charge is -2.25. The van der Waals surface area contributed by atoms with Crippen molar-refractivity contribution < 1.29 is 23.7 Å². The number of nitriles is 1. The summed E-state index contributed by atoms with van der Waals surface area (Å²) in [7, 11) is 4.70. The number of nitrogens with zero attached hydrogens (tertiary/aromatic N) is 2. The van der Waals surface area contributed by atoms with Crippen molar-refractivity contribution in [2.24, 2.45) is 5.73 Å². The molecule has 1 aromatic heterocycles. The zero-order chi connectivity index (χ0) is 23.5. The van der Waals surface area contributed by atoms with E-state index in [1.807, 2.05) is 37.3 Å². The Labute approximate surface area is 191 Å². The number of hydrogen-bond donors (Lipinski definition) is 2. The van der Waals surface area contributed by atoms with Crippen LogP contribution in [-0.2, 0) is 0 Å². The average molecular weight is 448 g/mol. The molecule has 1 aliphatic heterocycles. The standard InChI is InChI=1S/C24H24N4O5/c1-5-32-17-9-7-14(11-19(17)31-4)22-21-20(13-6-8-16(29-2)18(10-13)30-3)15(12-25)23(26)33-24(21)28-27-22/h6-11,20H,5,26H2,1-4H3,(H,27,28)/t20-/m0/s1. The molecule has 9 nitrogen and oxygen atoms in total. The number of methoxy groups -OCH3 is 3. The lowest BCUT2D eigenvalue weighted by Crippen LogP contribution is -2.21. The van der Waals surface area contributed by atoms with Gasteiger partial charge >= 0.3 is 0 Å². The topological polar surface area (TPSA) is 125 Å². The van der Waals surface area contributed by atoms with E-state index < -0.39 is 5.92 Å². The second kappa shape index (κ2) is 9.04. The van der Waals surface area contributed by atoms with Crippen LogP contribution in [0.15, 0.2) is 47.9 Å². The average Bonchev–Trinajstić information content (AvgIpc) is 3.26. The first-order chi connectivity index (χ1) is 16.1. The van der Waals surface area contributed by atoms with Crippen LogP contribution in [-0.4, -0.2) is 38.1 Å². The summed E-state index contributed by atoms with van der Waals surface area (Å²) < 4.78 is 27.7. The van der Waals surface area contributed by atoms with Crippen LogP contribution in [0.5, 0.6) is 28.9 Å². The first kappa shape index (κ1) is 21.9. The molecule has 0 bridgehead atoms. The first-order valence-corrected chi connectivity index (χ1v) is 10.2. The highest BCUT2D eigenvalue weighted by Gasteiger charge is 2.36. The van der Waals surface area contributed by atoms with Crippen LogP contribution in [0.3, 0.4) is 0 Å². The highest BCUT2D eigenvalue weighted by atomic mass is 16.5. The van der Waals surface area contributed by atoms with Gasteiger partial charge in [-0.25, -0.2) is 0 Å². The van der Waals surface area contributed by atoms with E-state index in [2.05, 4.69) is 16.3 Å². The molecule has 0 unspecified atom stereocenters. The Hall–Kier alpha value is -4.32. The number of H-pyrrole nitrogens is 1. The third kappa shape index (κ3) is 3.76. The molecule has 0 saturated carbocycles. The van der Waals surface area contributed by atoms with Gasteiger partial charge in [0.05, 0.1) is 45.1 Å². The maximum atomic E-state index is 9.93. The summed E-state index contributed by atoms with van der Waals surface area (Å²) in [6, 6.07) is 13.2. The van der Waals surface area contributed by atoms with E-state index >= 15 is 0 Å². The Balaban J connectivity index is 1.90. The Morgan fingerprint density at radius 1 is 1.03 bits per heavy atom. The van der Waals surface area contributed by atoms with Gasteiger partial charge in [0.2, 0.25) is 11.8 Å². The molecular weight excluding hydrogens is 424 g/mol. The summed E-state index contributed by atoms with van der Waals surface area (Å²) in [4.78, 5) is 0. The van der Waals surface area contributed by atoms with E-state index in [1.165, 1.54) is 0 Å². The van der Waals surface area contributed by atoms with Crippen molar-refractivity contribution in [1.29, 1.82) is 5.26 Å². The molecule has 1 atom stereocenters. The maximum Gasteiger partial charge on any atom is 0.244 e. The maximum absolute atomic E-state index is 9.93. The number of hydrogen-bond acceptors (Lipinski definition) is 8. The van der Waals surface area contributed by atoms with Crippen LogP contribution in [0.2, 0.25) is 0 Å². The van der Waals surface area contributed by atoms with Gasteiger partial charge in [0.15, 0.2) is 23.0 Å². The zero-order valence-corrected chi connectivity index (χ0v) is 18.8. The van der Waals surface area contributed by atoms with Crippen molar-refractivity contribution in [3.05, 3.63) is 59.0 Å². The van der Waals surface area contributed by atoms with Crippen molar-refractivity contribution in [3.8, 4) is 46.2 Å². The smallest absolute Gasteiger partial charge is 0.244 e. The SMILES string of the molecule is CCOc1ccc(-c2[nH]nc3c2[C@@H](c2ccc(OC)c(OC)c2)C(C#N)=C(N)O3)cc1OC. The van der Waals surface area contributed by atoms with Crippen LogP contribution in [0.25, 0.3) is 11.3 Å². The van der Waals surface area contributed by atoms with Gasteiger partial charge in [-0.2, -0.15) is 5.26 Å². The third-order valence-electron chi connectivity index (χ3n) is 5.43.